The van der Waals surface area contributed by atoms with E-state index < -0.39 is 0 Å². The molecule has 3 heteroatoms. The summed E-state index contributed by atoms with van der Waals surface area (Å²) >= 11 is 1.67. The summed E-state index contributed by atoms with van der Waals surface area (Å²) in [6.07, 6.45) is 0. The summed E-state index contributed by atoms with van der Waals surface area (Å²) in [5, 5.41) is 2.04. The molecular formula is C11H14N2S. The molecule has 0 aliphatic heterocycles. The van der Waals surface area contributed by atoms with Crippen LogP contribution < -0.4 is 5.73 Å². The second kappa shape index (κ2) is 3.24. The molecule has 2 N–H and O–H groups in total. The lowest BCUT2D eigenvalue weighted by atomic mass is 10.00. The zero-order valence-corrected chi connectivity index (χ0v) is 9.48. The molecule has 0 radical (unpaired) electrons. The van der Waals surface area contributed by atoms with Gasteiger partial charge in [0.2, 0.25) is 0 Å². The molecular weight excluding hydrogens is 192 g/mol. The van der Waals surface area contributed by atoms with Gasteiger partial charge in [-0.2, -0.15) is 0 Å². The fourth-order valence-electron chi connectivity index (χ4n) is 1.88. The number of nitrogens with two attached hydrogens (primary N) is 1. The minimum absolute atomic E-state index is 0.439. The quantitative estimate of drug-likeness (QED) is 0.777. The second-order valence-electron chi connectivity index (χ2n) is 3.81. The van der Waals surface area contributed by atoms with E-state index in [0.29, 0.717) is 5.92 Å². The van der Waals surface area contributed by atoms with E-state index in [-0.39, 0.29) is 0 Å². The highest BCUT2D eigenvalue weighted by molar-refractivity contribution is 7.17. The third-order valence-corrected chi connectivity index (χ3v) is 3.37. The van der Waals surface area contributed by atoms with Crippen LogP contribution in [0.1, 0.15) is 31.0 Å². The molecule has 0 unspecified atom stereocenters. The van der Waals surface area contributed by atoms with Crippen molar-refractivity contribution in [1.29, 1.82) is 0 Å². The highest BCUT2D eigenvalue weighted by Gasteiger charge is 2.13. The molecule has 2 heterocycles. The first-order chi connectivity index (χ1) is 6.61. The Morgan fingerprint density at radius 1 is 1.43 bits per heavy atom. The normalized spacial score (nSPS) is 11.4. The van der Waals surface area contributed by atoms with E-state index in [4.69, 9.17) is 5.73 Å². The van der Waals surface area contributed by atoms with Gasteiger partial charge < -0.3 is 5.73 Å². The minimum Gasteiger partial charge on any atom is -0.397 e. The highest BCUT2D eigenvalue weighted by Crippen LogP contribution is 2.33. The van der Waals surface area contributed by atoms with E-state index in [1.807, 2.05) is 18.4 Å². The van der Waals surface area contributed by atoms with Crippen molar-refractivity contribution in [2.45, 2.75) is 26.7 Å². The molecule has 0 amide bonds. The Balaban J connectivity index is 2.82. The van der Waals surface area contributed by atoms with Crippen LogP contribution in [-0.2, 0) is 0 Å². The third-order valence-electron chi connectivity index (χ3n) is 2.43. The Morgan fingerprint density at radius 2 is 2.14 bits per heavy atom. The smallest absolute Gasteiger partial charge is 0.0834 e. The summed E-state index contributed by atoms with van der Waals surface area (Å²) in [5.41, 5.74) is 10.3. The first kappa shape index (κ1) is 9.46. The number of thiophene rings is 1. The summed E-state index contributed by atoms with van der Waals surface area (Å²) in [6.45, 7) is 6.34. The molecule has 14 heavy (non-hydrogen) atoms. The van der Waals surface area contributed by atoms with Crippen LogP contribution in [0.3, 0.4) is 0 Å². The Labute approximate surface area is 87.8 Å². The fourth-order valence-corrected chi connectivity index (χ4v) is 2.68. The Bertz CT molecular complexity index is 471. The van der Waals surface area contributed by atoms with Crippen LogP contribution in [0.4, 0.5) is 5.69 Å². The van der Waals surface area contributed by atoms with Gasteiger partial charge in [0, 0.05) is 11.3 Å². The predicted molar refractivity (Wildman–Crippen MR) is 62.9 cm³/mol. The number of nitrogens with zero attached hydrogens (tertiary/aromatic N) is 1. The minimum atomic E-state index is 0.439. The van der Waals surface area contributed by atoms with Gasteiger partial charge in [-0.3, -0.25) is 4.98 Å². The maximum absolute atomic E-state index is 6.14. The van der Waals surface area contributed by atoms with Crippen molar-refractivity contribution in [3.8, 4) is 0 Å². The fraction of sp³-hybridized carbons (Fsp3) is 0.364. The van der Waals surface area contributed by atoms with Crippen molar-refractivity contribution < 1.29 is 0 Å². The number of hydrogen-bond donors (Lipinski definition) is 1. The highest BCUT2D eigenvalue weighted by atomic mass is 32.1. The predicted octanol–water partition coefficient (Wildman–Crippen LogP) is 3.31. The molecule has 0 saturated carbocycles. The van der Waals surface area contributed by atoms with E-state index >= 15 is 0 Å². The van der Waals surface area contributed by atoms with Crippen LogP contribution >= 0.6 is 11.3 Å². The molecule has 0 aromatic carbocycles. The first-order valence-electron chi connectivity index (χ1n) is 4.74. The summed E-state index contributed by atoms with van der Waals surface area (Å²) in [7, 11) is 0. The van der Waals surface area contributed by atoms with Gasteiger partial charge in [0.25, 0.3) is 0 Å². The maximum atomic E-state index is 6.14. The molecule has 0 fully saturated rings. The first-order valence-corrected chi connectivity index (χ1v) is 5.62. The van der Waals surface area contributed by atoms with Gasteiger partial charge in [-0.25, -0.2) is 0 Å². The Morgan fingerprint density at radius 3 is 2.79 bits per heavy atom. The van der Waals surface area contributed by atoms with E-state index in [2.05, 4.69) is 18.8 Å². The van der Waals surface area contributed by atoms with Gasteiger partial charge in [0.05, 0.1) is 15.9 Å². The van der Waals surface area contributed by atoms with Crippen molar-refractivity contribution >= 4 is 27.2 Å². The van der Waals surface area contributed by atoms with E-state index in [0.717, 1.165) is 21.6 Å². The standard InChI is InChI=1S/C11H14N2S/c1-6(2)9-7(3)13-8-4-5-14-11(8)10(9)12/h4-6H,1-3H3,(H2,12,13). The number of aromatic nitrogens is 1. The van der Waals surface area contributed by atoms with Crippen LogP contribution in [0, 0.1) is 6.92 Å². The van der Waals surface area contributed by atoms with Crippen molar-refractivity contribution in [1.82, 2.24) is 4.98 Å². The zero-order chi connectivity index (χ0) is 10.3. The molecule has 74 valence electrons. The third kappa shape index (κ3) is 1.28. The van der Waals surface area contributed by atoms with Crippen molar-refractivity contribution in [2.75, 3.05) is 5.73 Å². The number of nitrogen functional groups attached to an aromatic ring is 1. The SMILES string of the molecule is Cc1nc2ccsc2c(N)c1C(C)C. The summed E-state index contributed by atoms with van der Waals surface area (Å²) in [6, 6.07) is 2.02. The number of hydrogen-bond acceptors (Lipinski definition) is 3. The van der Waals surface area contributed by atoms with Gasteiger partial charge in [-0.05, 0) is 24.3 Å². The summed E-state index contributed by atoms with van der Waals surface area (Å²) < 4.78 is 1.12. The molecule has 2 rings (SSSR count). The molecule has 2 aromatic heterocycles. The second-order valence-corrected chi connectivity index (χ2v) is 4.73. The number of pyridine rings is 1. The molecule has 0 atom stereocenters. The van der Waals surface area contributed by atoms with Crippen molar-refractivity contribution in [3.63, 3.8) is 0 Å². The Kier molecular flexibility index (Phi) is 2.19. The zero-order valence-electron chi connectivity index (χ0n) is 8.66. The largest absolute Gasteiger partial charge is 0.397 e. The van der Waals surface area contributed by atoms with E-state index in [1.54, 1.807) is 11.3 Å². The topological polar surface area (TPSA) is 38.9 Å². The van der Waals surface area contributed by atoms with Gasteiger partial charge >= 0.3 is 0 Å². The lowest BCUT2D eigenvalue weighted by molar-refractivity contribution is 0.851. The Hall–Kier alpha value is -1.09. The summed E-state index contributed by atoms with van der Waals surface area (Å²) in [5.74, 6) is 0.439. The monoisotopic (exact) mass is 206 g/mol. The number of rotatable bonds is 1. The van der Waals surface area contributed by atoms with Gasteiger partial charge in [-0.1, -0.05) is 13.8 Å². The number of aryl methyl sites for hydroxylation is 1. The number of anilines is 1. The van der Waals surface area contributed by atoms with Crippen molar-refractivity contribution in [3.05, 3.63) is 22.7 Å². The molecule has 2 nitrogen and oxygen atoms in total. The molecule has 0 aliphatic rings. The van der Waals surface area contributed by atoms with E-state index in [9.17, 15) is 0 Å². The molecule has 0 spiro atoms. The van der Waals surface area contributed by atoms with Crippen molar-refractivity contribution in [2.24, 2.45) is 0 Å². The van der Waals surface area contributed by atoms with Crippen LogP contribution in [0.2, 0.25) is 0 Å². The van der Waals surface area contributed by atoms with Crippen LogP contribution in [0.5, 0.6) is 0 Å². The van der Waals surface area contributed by atoms with Gasteiger partial charge in [0.15, 0.2) is 0 Å². The van der Waals surface area contributed by atoms with Crippen LogP contribution in [0.15, 0.2) is 11.4 Å². The van der Waals surface area contributed by atoms with Crippen LogP contribution in [-0.4, -0.2) is 4.98 Å². The summed E-state index contributed by atoms with van der Waals surface area (Å²) in [4.78, 5) is 4.55. The lowest BCUT2D eigenvalue weighted by Crippen LogP contribution is -2.01. The number of fused-ring (bicyclic) bond motifs is 1. The van der Waals surface area contributed by atoms with Gasteiger partial charge in [-0.15, -0.1) is 11.3 Å². The van der Waals surface area contributed by atoms with Gasteiger partial charge in [0.1, 0.15) is 0 Å². The average Bonchev–Trinajstić information content (AvgIpc) is 2.50. The molecule has 0 bridgehead atoms. The maximum Gasteiger partial charge on any atom is 0.0834 e. The average molecular weight is 206 g/mol. The van der Waals surface area contributed by atoms with E-state index in [1.165, 1.54) is 5.56 Å². The molecule has 0 saturated heterocycles. The van der Waals surface area contributed by atoms with Crippen LogP contribution in [0.25, 0.3) is 10.2 Å². The lowest BCUT2D eigenvalue weighted by Gasteiger charge is -2.12. The molecule has 0 aliphatic carbocycles. The molecule has 2 aromatic rings.